The molecule has 110 valence electrons. The highest BCUT2D eigenvalue weighted by Gasteiger charge is 2.30. The quantitative estimate of drug-likeness (QED) is 0.908. The van der Waals surface area contributed by atoms with Gasteiger partial charge in [-0.1, -0.05) is 6.07 Å². The molecule has 4 nitrogen and oxygen atoms in total. The summed E-state index contributed by atoms with van der Waals surface area (Å²) < 4.78 is 0. The second-order valence-corrected chi connectivity index (χ2v) is 6.51. The fraction of sp³-hybridized carbons (Fsp3) is 0.600. The second kappa shape index (κ2) is 6.88. The Labute approximate surface area is 123 Å². The zero-order chi connectivity index (χ0) is 14.5. The standard InChI is InChI=1S/C15H21NO3S/c1-16(9-8-13-3-2-10-20-13)14(17)11-4-6-12(7-5-11)15(18)19/h2-3,10-12H,4-9H2,1H3,(H,18,19). The molecule has 2 rings (SSSR count). The van der Waals surface area contributed by atoms with Crippen molar-refractivity contribution in [2.75, 3.05) is 13.6 Å². The third-order valence-corrected chi connectivity index (χ3v) is 5.01. The maximum absolute atomic E-state index is 12.3. The van der Waals surface area contributed by atoms with E-state index in [9.17, 15) is 9.59 Å². The van der Waals surface area contributed by atoms with Gasteiger partial charge in [0.2, 0.25) is 5.91 Å². The summed E-state index contributed by atoms with van der Waals surface area (Å²) in [5.74, 6) is -0.790. The first kappa shape index (κ1) is 15.0. The van der Waals surface area contributed by atoms with Crippen LogP contribution in [0.4, 0.5) is 0 Å². The van der Waals surface area contributed by atoms with E-state index in [1.807, 2.05) is 18.5 Å². The minimum absolute atomic E-state index is 0.0129. The molecule has 1 aromatic heterocycles. The first-order valence-corrected chi connectivity index (χ1v) is 7.96. The van der Waals surface area contributed by atoms with Crippen molar-refractivity contribution in [2.24, 2.45) is 11.8 Å². The van der Waals surface area contributed by atoms with Crippen molar-refractivity contribution >= 4 is 23.2 Å². The highest BCUT2D eigenvalue weighted by atomic mass is 32.1. The zero-order valence-electron chi connectivity index (χ0n) is 11.7. The van der Waals surface area contributed by atoms with Crippen LogP contribution in [-0.4, -0.2) is 35.5 Å². The number of carbonyl (C=O) groups excluding carboxylic acids is 1. The van der Waals surface area contributed by atoms with Crippen LogP contribution in [0.15, 0.2) is 17.5 Å². The molecule has 1 saturated carbocycles. The van der Waals surface area contributed by atoms with Gasteiger partial charge in [0.05, 0.1) is 5.92 Å². The van der Waals surface area contributed by atoms with Crippen LogP contribution < -0.4 is 0 Å². The van der Waals surface area contributed by atoms with E-state index >= 15 is 0 Å². The van der Waals surface area contributed by atoms with Crippen LogP contribution in [0, 0.1) is 11.8 Å². The van der Waals surface area contributed by atoms with Crippen LogP contribution >= 0.6 is 11.3 Å². The van der Waals surface area contributed by atoms with Gasteiger partial charge in [0.15, 0.2) is 0 Å². The van der Waals surface area contributed by atoms with Gasteiger partial charge in [-0.2, -0.15) is 0 Å². The highest BCUT2D eigenvalue weighted by Crippen LogP contribution is 2.30. The molecule has 0 spiro atoms. The fourth-order valence-electron chi connectivity index (χ4n) is 2.74. The minimum atomic E-state index is -0.720. The van der Waals surface area contributed by atoms with Gasteiger partial charge in [0, 0.05) is 24.4 Å². The number of likely N-dealkylation sites (N-methyl/N-ethyl adjacent to an activating group) is 1. The number of carbonyl (C=O) groups is 2. The average molecular weight is 295 g/mol. The summed E-state index contributed by atoms with van der Waals surface area (Å²) >= 11 is 1.71. The largest absolute Gasteiger partial charge is 0.481 e. The van der Waals surface area contributed by atoms with E-state index < -0.39 is 5.97 Å². The van der Waals surface area contributed by atoms with Crippen LogP contribution in [0.3, 0.4) is 0 Å². The van der Waals surface area contributed by atoms with E-state index in [-0.39, 0.29) is 17.7 Å². The van der Waals surface area contributed by atoms with Gasteiger partial charge in [0.25, 0.3) is 0 Å². The Morgan fingerprint density at radius 1 is 1.30 bits per heavy atom. The molecule has 1 aliphatic carbocycles. The SMILES string of the molecule is CN(CCc1cccs1)C(=O)C1CCC(C(=O)O)CC1. The van der Waals surface area contributed by atoms with Gasteiger partial charge in [-0.25, -0.2) is 0 Å². The molecule has 0 atom stereocenters. The molecule has 5 heteroatoms. The lowest BCUT2D eigenvalue weighted by Gasteiger charge is -2.28. The number of carboxylic acids is 1. The predicted octanol–water partition coefficient (Wildman–Crippen LogP) is 2.64. The van der Waals surface area contributed by atoms with E-state index in [1.165, 1.54) is 4.88 Å². The molecule has 0 unspecified atom stereocenters. The summed E-state index contributed by atoms with van der Waals surface area (Å²) in [6.07, 6.45) is 3.57. The van der Waals surface area contributed by atoms with Gasteiger partial charge in [-0.15, -0.1) is 11.3 Å². The Balaban J connectivity index is 1.77. The topological polar surface area (TPSA) is 57.6 Å². The molecule has 1 aromatic rings. The summed E-state index contributed by atoms with van der Waals surface area (Å²) in [6, 6.07) is 4.11. The van der Waals surface area contributed by atoms with Gasteiger partial charge < -0.3 is 10.0 Å². The number of thiophene rings is 1. The number of carboxylic acid groups (broad SMARTS) is 1. The summed E-state index contributed by atoms with van der Waals surface area (Å²) in [6.45, 7) is 0.734. The van der Waals surface area contributed by atoms with E-state index in [1.54, 1.807) is 16.2 Å². The lowest BCUT2D eigenvalue weighted by molar-refractivity contribution is -0.145. The van der Waals surface area contributed by atoms with Crippen LogP contribution in [-0.2, 0) is 16.0 Å². The van der Waals surface area contributed by atoms with Crippen molar-refractivity contribution in [1.29, 1.82) is 0 Å². The molecule has 1 amide bonds. The summed E-state index contributed by atoms with van der Waals surface area (Å²) in [5.41, 5.74) is 0. The van der Waals surface area contributed by atoms with Crippen molar-refractivity contribution in [2.45, 2.75) is 32.1 Å². The molecule has 1 N–H and O–H groups in total. The predicted molar refractivity (Wildman–Crippen MR) is 78.7 cm³/mol. The van der Waals surface area contributed by atoms with Crippen LogP contribution in [0.25, 0.3) is 0 Å². The Morgan fingerprint density at radius 3 is 2.50 bits per heavy atom. The van der Waals surface area contributed by atoms with Crippen molar-refractivity contribution in [3.63, 3.8) is 0 Å². The first-order valence-electron chi connectivity index (χ1n) is 7.08. The molecule has 0 aliphatic heterocycles. The summed E-state index contributed by atoms with van der Waals surface area (Å²) in [5, 5.41) is 11.0. The molecule has 1 heterocycles. The highest BCUT2D eigenvalue weighted by molar-refractivity contribution is 7.09. The molecular formula is C15H21NO3S. The van der Waals surface area contributed by atoms with Gasteiger partial charge in [0.1, 0.15) is 0 Å². The summed E-state index contributed by atoms with van der Waals surface area (Å²) in [4.78, 5) is 26.3. The molecule has 1 aliphatic rings. The van der Waals surface area contributed by atoms with Gasteiger partial charge in [-0.05, 0) is 43.6 Å². The van der Waals surface area contributed by atoms with E-state index in [0.717, 1.165) is 13.0 Å². The summed E-state index contributed by atoms with van der Waals surface area (Å²) in [7, 11) is 1.85. The molecular weight excluding hydrogens is 274 g/mol. The second-order valence-electron chi connectivity index (χ2n) is 5.48. The fourth-order valence-corrected chi connectivity index (χ4v) is 3.44. The lowest BCUT2D eigenvalue weighted by atomic mass is 9.81. The molecule has 0 aromatic carbocycles. The van der Waals surface area contributed by atoms with Crippen LogP contribution in [0.5, 0.6) is 0 Å². The van der Waals surface area contributed by atoms with E-state index in [0.29, 0.717) is 25.7 Å². The van der Waals surface area contributed by atoms with Crippen LogP contribution in [0.2, 0.25) is 0 Å². The number of hydrogen-bond donors (Lipinski definition) is 1. The molecule has 0 saturated heterocycles. The number of hydrogen-bond acceptors (Lipinski definition) is 3. The number of amides is 1. The average Bonchev–Trinajstić information content (AvgIpc) is 2.97. The smallest absolute Gasteiger partial charge is 0.306 e. The van der Waals surface area contributed by atoms with Gasteiger partial charge in [-0.3, -0.25) is 9.59 Å². The third kappa shape index (κ3) is 3.82. The molecule has 0 radical (unpaired) electrons. The lowest BCUT2D eigenvalue weighted by Crippen LogP contribution is -2.36. The van der Waals surface area contributed by atoms with Crippen molar-refractivity contribution in [1.82, 2.24) is 4.90 Å². The van der Waals surface area contributed by atoms with Gasteiger partial charge >= 0.3 is 5.97 Å². The van der Waals surface area contributed by atoms with Crippen molar-refractivity contribution in [3.05, 3.63) is 22.4 Å². The zero-order valence-corrected chi connectivity index (χ0v) is 12.6. The Morgan fingerprint density at radius 2 is 1.95 bits per heavy atom. The number of aliphatic carboxylic acids is 1. The Bertz CT molecular complexity index is 450. The third-order valence-electron chi connectivity index (χ3n) is 4.08. The maximum atomic E-state index is 12.3. The Hall–Kier alpha value is -1.36. The molecule has 20 heavy (non-hydrogen) atoms. The minimum Gasteiger partial charge on any atom is -0.481 e. The molecule has 0 bridgehead atoms. The van der Waals surface area contributed by atoms with E-state index in [4.69, 9.17) is 5.11 Å². The van der Waals surface area contributed by atoms with Crippen LogP contribution in [0.1, 0.15) is 30.6 Å². The maximum Gasteiger partial charge on any atom is 0.306 e. The Kier molecular flexibility index (Phi) is 5.17. The first-order chi connectivity index (χ1) is 9.58. The number of nitrogens with zero attached hydrogens (tertiary/aromatic N) is 1. The number of rotatable bonds is 5. The normalized spacial score (nSPS) is 22.4. The monoisotopic (exact) mass is 295 g/mol. The van der Waals surface area contributed by atoms with Crippen molar-refractivity contribution in [3.8, 4) is 0 Å². The van der Waals surface area contributed by atoms with E-state index in [2.05, 4.69) is 6.07 Å². The molecule has 1 fully saturated rings. The van der Waals surface area contributed by atoms with Crippen molar-refractivity contribution < 1.29 is 14.7 Å².